The van der Waals surface area contributed by atoms with Crippen LogP contribution in [0.4, 0.5) is 16.3 Å². The van der Waals surface area contributed by atoms with Crippen molar-refractivity contribution < 1.29 is 27.8 Å². The Kier molecular flexibility index (Phi) is 5.40. The number of hydrogen-bond donors (Lipinski definition) is 1. The lowest BCUT2D eigenvalue weighted by Gasteiger charge is -2.45. The zero-order valence-corrected chi connectivity index (χ0v) is 19.3. The Morgan fingerprint density at radius 1 is 1.21 bits per heavy atom. The van der Waals surface area contributed by atoms with Crippen LogP contribution in [0.15, 0.2) is 29.4 Å². The predicted octanol–water partition coefficient (Wildman–Crippen LogP) is 1.89. The van der Waals surface area contributed by atoms with Crippen molar-refractivity contribution in [2.75, 3.05) is 44.0 Å². The van der Waals surface area contributed by atoms with Crippen LogP contribution in [-0.2, 0) is 21.0 Å². The number of nitrogens with zero attached hydrogens (tertiary/aromatic N) is 4. The first-order valence-electron chi connectivity index (χ1n) is 10.9. The number of carboxylic acid groups (broad SMARTS) is 1. The Morgan fingerprint density at radius 2 is 1.94 bits per heavy atom. The quantitative estimate of drug-likeness (QED) is 0.708. The second-order valence-corrected chi connectivity index (χ2v) is 10.9. The smallest absolute Gasteiger partial charge is 0.407 e. The first-order valence-corrected chi connectivity index (χ1v) is 12.8. The van der Waals surface area contributed by atoms with Crippen LogP contribution in [0, 0.1) is 18.8 Å². The van der Waals surface area contributed by atoms with E-state index in [0.29, 0.717) is 50.0 Å². The third kappa shape index (κ3) is 3.99. The van der Waals surface area contributed by atoms with Gasteiger partial charge in [-0.15, -0.1) is 0 Å². The Hall–Kier alpha value is -2.92. The van der Waals surface area contributed by atoms with Crippen LogP contribution >= 0.6 is 0 Å². The summed E-state index contributed by atoms with van der Waals surface area (Å²) >= 11 is 0. The fourth-order valence-electron chi connectivity index (χ4n) is 5.02. The number of aromatic nitrogens is 2. The lowest BCUT2D eigenvalue weighted by Crippen LogP contribution is -2.58. The first-order chi connectivity index (χ1) is 15.7. The van der Waals surface area contributed by atoms with Crippen LogP contribution < -0.4 is 9.64 Å². The van der Waals surface area contributed by atoms with Crippen LogP contribution in [0.1, 0.15) is 11.1 Å². The molecular formula is C22H26N4O6S. The highest BCUT2D eigenvalue weighted by Gasteiger charge is 2.44. The van der Waals surface area contributed by atoms with E-state index in [0.717, 1.165) is 22.6 Å². The van der Waals surface area contributed by atoms with Gasteiger partial charge >= 0.3 is 6.09 Å². The summed E-state index contributed by atoms with van der Waals surface area (Å²) in [6.45, 7) is 4.22. The molecule has 3 atom stereocenters. The molecule has 1 unspecified atom stereocenters. The van der Waals surface area contributed by atoms with E-state index >= 15 is 0 Å². The molecule has 0 spiro atoms. The van der Waals surface area contributed by atoms with Crippen LogP contribution in [0.5, 0.6) is 5.88 Å². The SMILES string of the molecule is Cc1c(OC2[C@@H]3COC[C@H]2CN(C(=O)O)C3)ncnc1N1CCc2cc(S(C)(=O)=O)ccc21. The predicted molar refractivity (Wildman–Crippen MR) is 119 cm³/mol. The van der Waals surface area contributed by atoms with Crippen molar-refractivity contribution in [3.05, 3.63) is 35.7 Å². The minimum absolute atomic E-state index is 0.0617. The van der Waals surface area contributed by atoms with Crippen molar-refractivity contribution in [2.24, 2.45) is 11.8 Å². The third-order valence-electron chi connectivity index (χ3n) is 6.66. The van der Waals surface area contributed by atoms with Gasteiger partial charge in [-0.05, 0) is 37.1 Å². The van der Waals surface area contributed by atoms with E-state index < -0.39 is 15.9 Å². The van der Waals surface area contributed by atoms with E-state index in [-0.39, 0.29) is 17.9 Å². The van der Waals surface area contributed by atoms with Crippen LogP contribution in [0.2, 0.25) is 0 Å². The molecule has 1 aromatic carbocycles. The summed E-state index contributed by atoms with van der Waals surface area (Å²) < 4.78 is 35.9. The van der Waals surface area contributed by atoms with Gasteiger partial charge in [-0.2, -0.15) is 0 Å². The highest BCUT2D eigenvalue weighted by molar-refractivity contribution is 7.90. The van der Waals surface area contributed by atoms with Crippen molar-refractivity contribution in [1.29, 1.82) is 0 Å². The lowest BCUT2D eigenvalue weighted by molar-refractivity contribution is -0.108. The molecule has 1 aromatic heterocycles. The van der Waals surface area contributed by atoms with Crippen molar-refractivity contribution in [3.63, 3.8) is 0 Å². The standard InChI is InChI=1S/C22H26N4O6S/c1-13-20(26-6-5-14-7-17(33(2,29)30)3-4-18(14)26)23-12-24-21(13)32-19-15-8-25(22(27)28)9-16(19)11-31-10-15/h3-4,7,12,15-16,19H,5-6,8-11H2,1-2H3,(H,27,28)/t15-,16+,19?. The number of anilines is 2. The average molecular weight is 475 g/mol. The molecule has 0 saturated carbocycles. The number of fused-ring (bicyclic) bond motifs is 3. The Labute approximate surface area is 192 Å². The van der Waals surface area contributed by atoms with Gasteiger partial charge in [0, 0.05) is 43.4 Å². The highest BCUT2D eigenvalue weighted by Crippen LogP contribution is 2.39. The van der Waals surface area contributed by atoms with Gasteiger partial charge in [0.1, 0.15) is 18.2 Å². The molecular weight excluding hydrogens is 448 g/mol. The highest BCUT2D eigenvalue weighted by atomic mass is 32.2. The third-order valence-corrected chi connectivity index (χ3v) is 7.77. The van der Waals surface area contributed by atoms with E-state index in [9.17, 15) is 18.3 Å². The van der Waals surface area contributed by atoms with Crippen LogP contribution in [0.3, 0.4) is 0 Å². The Bertz CT molecular complexity index is 1190. The molecule has 2 aromatic rings. The Balaban J connectivity index is 1.41. The van der Waals surface area contributed by atoms with E-state index in [4.69, 9.17) is 9.47 Å². The van der Waals surface area contributed by atoms with Crippen molar-refractivity contribution in [3.8, 4) is 5.88 Å². The second kappa shape index (κ2) is 8.14. The number of hydrogen-bond acceptors (Lipinski definition) is 8. The summed E-state index contributed by atoms with van der Waals surface area (Å²) in [5.74, 6) is 1.07. The number of rotatable bonds is 4. The van der Waals surface area contributed by atoms with Crippen molar-refractivity contribution in [2.45, 2.75) is 24.3 Å². The van der Waals surface area contributed by atoms with Gasteiger partial charge in [0.2, 0.25) is 5.88 Å². The second-order valence-electron chi connectivity index (χ2n) is 8.92. The molecule has 2 bridgehead atoms. The number of piperidine rings is 1. The molecule has 11 heteroatoms. The summed E-state index contributed by atoms with van der Waals surface area (Å²) in [6, 6.07) is 5.18. The molecule has 3 aliphatic heterocycles. The van der Waals surface area contributed by atoms with E-state index in [1.54, 1.807) is 12.1 Å². The van der Waals surface area contributed by atoms with Crippen LogP contribution in [0.25, 0.3) is 0 Å². The summed E-state index contributed by atoms with van der Waals surface area (Å²) in [5.41, 5.74) is 2.68. The molecule has 10 nitrogen and oxygen atoms in total. The number of carbonyl (C=O) groups is 1. The van der Waals surface area contributed by atoms with Gasteiger partial charge in [-0.3, -0.25) is 0 Å². The summed E-state index contributed by atoms with van der Waals surface area (Å²) in [7, 11) is -3.27. The number of ether oxygens (including phenoxy) is 2. The summed E-state index contributed by atoms with van der Waals surface area (Å²) in [5, 5.41) is 9.40. The topological polar surface area (TPSA) is 122 Å². The van der Waals surface area contributed by atoms with Gasteiger partial charge < -0.3 is 24.4 Å². The molecule has 1 N–H and O–H groups in total. The molecule has 0 aliphatic carbocycles. The van der Waals surface area contributed by atoms with Crippen molar-refractivity contribution in [1.82, 2.24) is 14.9 Å². The van der Waals surface area contributed by atoms with E-state index in [1.807, 2.05) is 13.0 Å². The van der Waals surface area contributed by atoms with Crippen LogP contribution in [-0.4, -0.2) is 79.7 Å². The Morgan fingerprint density at radius 3 is 2.61 bits per heavy atom. The fraction of sp³-hybridized carbons (Fsp3) is 0.500. The van der Waals surface area contributed by atoms with Gasteiger partial charge in [0.25, 0.3) is 0 Å². The molecule has 176 valence electrons. The van der Waals surface area contributed by atoms with Gasteiger partial charge in [0.05, 0.1) is 23.7 Å². The minimum atomic E-state index is -3.27. The molecule has 0 radical (unpaired) electrons. The maximum atomic E-state index is 11.9. The largest absolute Gasteiger partial charge is 0.473 e. The zero-order valence-electron chi connectivity index (χ0n) is 18.5. The number of amides is 1. The van der Waals surface area contributed by atoms with E-state index in [1.165, 1.54) is 17.5 Å². The summed E-state index contributed by atoms with van der Waals surface area (Å²) in [6.07, 6.45) is 2.30. The first kappa shape index (κ1) is 21.9. The van der Waals surface area contributed by atoms with Crippen molar-refractivity contribution >= 4 is 27.4 Å². The molecule has 2 fully saturated rings. The lowest BCUT2D eigenvalue weighted by atomic mass is 9.84. The minimum Gasteiger partial charge on any atom is -0.473 e. The van der Waals surface area contributed by atoms with Gasteiger partial charge in [0.15, 0.2) is 9.84 Å². The van der Waals surface area contributed by atoms with Gasteiger partial charge in [-0.1, -0.05) is 0 Å². The maximum absolute atomic E-state index is 11.9. The fourth-order valence-corrected chi connectivity index (χ4v) is 5.69. The summed E-state index contributed by atoms with van der Waals surface area (Å²) in [4.78, 5) is 24.1. The zero-order chi connectivity index (χ0) is 23.3. The normalized spacial score (nSPS) is 24.5. The number of benzene rings is 1. The number of sulfone groups is 1. The molecule has 4 heterocycles. The molecule has 3 aliphatic rings. The molecule has 33 heavy (non-hydrogen) atoms. The monoisotopic (exact) mass is 474 g/mol. The number of likely N-dealkylation sites (tertiary alicyclic amines) is 1. The molecule has 5 rings (SSSR count). The maximum Gasteiger partial charge on any atom is 0.407 e. The van der Waals surface area contributed by atoms with E-state index in [2.05, 4.69) is 14.9 Å². The molecule has 2 saturated heterocycles. The average Bonchev–Trinajstić information content (AvgIpc) is 3.17. The van der Waals surface area contributed by atoms with Gasteiger partial charge in [-0.25, -0.2) is 23.2 Å². The molecule has 1 amide bonds.